The minimum Gasteiger partial charge on any atom is -0.353 e. The molecule has 3 aliphatic rings. The monoisotopic (exact) mass is 292 g/mol. The van der Waals surface area contributed by atoms with Crippen LogP contribution in [0.3, 0.4) is 0 Å². The maximum absolute atomic E-state index is 12.7. The number of piperidine rings is 1. The first kappa shape index (κ1) is 15.3. The van der Waals surface area contributed by atoms with E-state index in [1.54, 1.807) is 0 Å². The standard InChI is InChI=1S/C18H32N2O/c1-2-5-14(10-13-6-3-4-7-13)18(21)20-17-11-15-8-9-16(12-17)19-15/h13-17,19H,2-12H2,1H3,(H,20,21). The largest absolute Gasteiger partial charge is 0.353 e. The van der Waals surface area contributed by atoms with Crippen LogP contribution in [0.2, 0.25) is 0 Å². The normalized spacial score (nSPS) is 34.0. The van der Waals surface area contributed by atoms with Crippen molar-refractivity contribution >= 4 is 5.91 Å². The van der Waals surface area contributed by atoms with Crippen LogP contribution in [0.4, 0.5) is 0 Å². The topological polar surface area (TPSA) is 41.1 Å². The molecule has 3 atom stereocenters. The van der Waals surface area contributed by atoms with Crippen LogP contribution in [0.15, 0.2) is 0 Å². The summed E-state index contributed by atoms with van der Waals surface area (Å²) < 4.78 is 0. The molecule has 3 heteroatoms. The van der Waals surface area contributed by atoms with Gasteiger partial charge in [0.2, 0.25) is 5.91 Å². The summed E-state index contributed by atoms with van der Waals surface area (Å²) >= 11 is 0. The summed E-state index contributed by atoms with van der Waals surface area (Å²) in [5, 5.41) is 7.05. The van der Waals surface area contributed by atoms with Gasteiger partial charge in [0, 0.05) is 24.0 Å². The maximum atomic E-state index is 12.7. The molecule has 21 heavy (non-hydrogen) atoms. The zero-order chi connectivity index (χ0) is 14.7. The second kappa shape index (κ2) is 7.13. The molecule has 1 amide bonds. The van der Waals surface area contributed by atoms with E-state index < -0.39 is 0 Å². The molecule has 0 spiro atoms. The van der Waals surface area contributed by atoms with Crippen molar-refractivity contribution in [2.24, 2.45) is 11.8 Å². The van der Waals surface area contributed by atoms with Gasteiger partial charge < -0.3 is 10.6 Å². The van der Waals surface area contributed by atoms with Gasteiger partial charge >= 0.3 is 0 Å². The lowest BCUT2D eigenvalue weighted by Crippen LogP contribution is -2.49. The third-order valence-corrected chi connectivity index (χ3v) is 5.92. The van der Waals surface area contributed by atoms with E-state index in [9.17, 15) is 4.79 Å². The number of hydrogen-bond donors (Lipinski definition) is 2. The van der Waals surface area contributed by atoms with E-state index >= 15 is 0 Å². The van der Waals surface area contributed by atoms with Gasteiger partial charge in [-0.05, 0) is 44.4 Å². The molecule has 3 nitrogen and oxygen atoms in total. The van der Waals surface area contributed by atoms with Gasteiger partial charge in [0.1, 0.15) is 0 Å². The van der Waals surface area contributed by atoms with E-state index in [1.807, 2.05) is 0 Å². The second-order valence-electron chi connectivity index (χ2n) is 7.69. The van der Waals surface area contributed by atoms with Crippen molar-refractivity contribution in [2.45, 2.75) is 95.7 Å². The van der Waals surface area contributed by atoms with Gasteiger partial charge in [-0.3, -0.25) is 4.79 Å². The number of carbonyl (C=O) groups is 1. The predicted octanol–water partition coefficient (Wildman–Crippen LogP) is 3.38. The molecular formula is C18H32N2O. The highest BCUT2D eigenvalue weighted by molar-refractivity contribution is 5.79. The molecule has 2 bridgehead atoms. The summed E-state index contributed by atoms with van der Waals surface area (Å²) in [6.45, 7) is 2.21. The van der Waals surface area contributed by atoms with Gasteiger partial charge in [-0.25, -0.2) is 0 Å². The highest BCUT2D eigenvalue weighted by atomic mass is 16.1. The first-order chi connectivity index (χ1) is 10.2. The lowest BCUT2D eigenvalue weighted by atomic mass is 9.88. The minimum atomic E-state index is 0.269. The van der Waals surface area contributed by atoms with E-state index in [-0.39, 0.29) is 5.92 Å². The smallest absolute Gasteiger partial charge is 0.223 e. The Hall–Kier alpha value is -0.570. The summed E-state index contributed by atoms with van der Waals surface area (Å²) in [5.74, 6) is 1.44. The molecule has 1 saturated carbocycles. The maximum Gasteiger partial charge on any atom is 0.223 e. The molecule has 1 aliphatic carbocycles. The molecule has 2 saturated heterocycles. The van der Waals surface area contributed by atoms with Crippen molar-refractivity contribution < 1.29 is 4.79 Å². The average Bonchev–Trinajstić information content (AvgIpc) is 3.08. The van der Waals surface area contributed by atoms with Gasteiger partial charge in [0.15, 0.2) is 0 Å². The van der Waals surface area contributed by atoms with Crippen LogP contribution in [0, 0.1) is 11.8 Å². The quantitative estimate of drug-likeness (QED) is 0.788. The number of carbonyl (C=O) groups excluding carboxylic acids is 1. The Morgan fingerprint density at radius 2 is 1.81 bits per heavy atom. The number of nitrogens with one attached hydrogen (secondary N) is 2. The summed E-state index contributed by atoms with van der Waals surface area (Å²) in [6.07, 6.45) is 13.7. The molecule has 2 heterocycles. The van der Waals surface area contributed by atoms with Crippen molar-refractivity contribution in [3.8, 4) is 0 Å². The van der Waals surface area contributed by atoms with Gasteiger partial charge in [-0.15, -0.1) is 0 Å². The van der Waals surface area contributed by atoms with E-state index in [2.05, 4.69) is 17.6 Å². The van der Waals surface area contributed by atoms with Crippen molar-refractivity contribution in [3.05, 3.63) is 0 Å². The lowest BCUT2D eigenvalue weighted by molar-refractivity contribution is -0.126. The Morgan fingerprint density at radius 3 is 2.43 bits per heavy atom. The second-order valence-corrected chi connectivity index (χ2v) is 7.69. The molecule has 2 aliphatic heterocycles. The highest BCUT2D eigenvalue weighted by Gasteiger charge is 2.35. The Bertz CT molecular complexity index is 339. The Balaban J connectivity index is 1.50. The van der Waals surface area contributed by atoms with Gasteiger partial charge in [0.25, 0.3) is 0 Å². The summed E-state index contributed by atoms with van der Waals surface area (Å²) in [7, 11) is 0. The van der Waals surface area contributed by atoms with Crippen LogP contribution >= 0.6 is 0 Å². The fourth-order valence-corrected chi connectivity index (χ4v) is 4.85. The molecule has 0 aromatic carbocycles. The lowest BCUT2D eigenvalue weighted by Gasteiger charge is -2.31. The van der Waals surface area contributed by atoms with E-state index in [0.29, 0.717) is 24.0 Å². The Morgan fingerprint density at radius 1 is 1.14 bits per heavy atom. The molecule has 3 rings (SSSR count). The summed E-state index contributed by atoms with van der Waals surface area (Å²) in [5.41, 5.74) is 0. The predicted molar refractivity (Wildman–Crippen MR) is 86.1 cm³/mol. The Kier molecular flexibility index (Phi) is 5.20. The SMILES string of the molecule is CCCC(CC1CCCC1)C(=O)NC1CC2CCC(C1)N2. The average molecular weight is 292 g/mol. The summed E-state index contributed by atoms with van der Waals surface area (Å²) in [6, 6.07) is 1.75. The molecule has 120 valence electrons. The van der Waals surface area contributed by atoms with Crippen LogP contribution < -0.4 is 10.6 Å². The molecule has 0 aromatic heterocycles. The molecule has 0 aromatic rings. The molecule has 3 fully saturated rings. The number of hydrogen-bond acceptors (Lipinski definition) is 2. The van der Waals surface area contributed by atoms with Crippen molar-refractivity contribution in [1.29, 1.82) is 0 Å². The van der Waals surface area contributed by atoms with Crippen LogP contribution in [0.25, 0.3) is 0 Å². The van der Waals surface area contributed by atoms with E-state index in [1.165, 1.54) is 38.5 Å². The van der Waals surface area contributed by atoms with Crippen LogP contribution in [0.5, 0.6) is 0 Å². The zero-order valence-electron chi connectivity index (χ0n) is 13.6. The number of fused-ring (bicyclic) bond motifs is 2. The number of amides is 1. The van der Waals surface area contributed by atoms with Crippen LogP contribution in [-0.4, -0.2) is 24.0 Å². The highest BCUT2D eigenvalue weighted by Crippen LogP contribution is 2.32. The van der Waals surface area contributed by atoms with Gasteiger partial charge in [0.05, 0.1) is 0 Å². The van der Waals surface area contributed by atoms with Crippen molar-refractivity contribution in [3.63, 3.8) is 0 Å². The fourth-order valence-electron chi connectivity index (χ4n) is 4.85. The fraction of sp³-hybridized carbons (Fsp3) is 0.944. The van der Waals surface area contributed by atoms with Crippen LogP contribution in [-0.2, 0) is 4.79 Å². The minimum absolute atomic E-state index is 0.269. The van der Waals surface area contributed by atoms with Gasteiger partial charge in [-0.2, -0.15) is 0 Å². The van der Waals surface area contributed by atoms with Gasteiger partial charge in [-0.1, -0.05) is 39.0 Å². The summed E-state index contributed by atoms with van der Waals surface area (Å²) in [4.78, 5) is 12.7. The molecule has 0 radical (unpaired) electrons. The van der Waals surface area contributed by atoms with Crippen molar-refractivity contribution in [2.75, 3.05) is 0 Å². The van der Waals surface area contributed by atoms with E-state index in [0.717, 1.165) is 38.0 Å². The van der Waals surface area contributed by atoms with Crippen LogP contribution in [0.1, 0.15) is 77.6 Å². The molecule has 2 N–H and O–H groups in total. The third kappa shape index (κ3) is 4.00. The van der Waals surface area contributed by atoms with Crippen molar-refractivity contribution in [1.82, 2.24) is 10.6 Å². The first-order valence-corrected chi connectivity index (χ1v) is 9.31. The third-order valence-electron chi connectivity index (χ3n) is 5.92. The first-order valence-electron chi connectivity index (χ1n) is 9.31. The molecule has 3 unspecified atom stereocenters. The van der Waals surface area contributed by atoms with E-state index in [4.69, 9.17) is 0 Å². The molecular weight excluding hydrogens is 260 g/mol. The number of rotatable bonds is 6. The Labute approximate surface area is 129 Å². The zero-order valence-corrected chi connectivity index (χ0v) is 13.6.